The second-order valence-electron chi connectivity index (χ2n) is 6.18. The van der Waals surface area contributed by atoms with Crippen LogP contribution in [0.3, 0.4) is 0 Å². The molecule has 3 aromatic rings. The Bertz CT molecular complexity index is 1200. The van der Waals surface area contributed by atoms with Gasteiger partial charge in [-0.3, -0.25) is 14.8 Å². The quantitative estimate of drug-likeness (QED) is 0.322. The van der Waals surface area contributed by atoms with Gasteiger partial charge in [0, 0.05) is 22.6 Å². The first-order valence-electron chi connectivity index (χ1n) is 8.87. The van der Waals surface area contributed by atoms with Crippen LogP contribution >= 0.6 is 11.3 Å². The number of nitrogens with zero attached hydrogens (tertiary/aromatic N) is 1. The first-order chi connectivity index (χ1) is 14.2. The Balaban J connectivity index is 2.11. The van der Waals surface area contributed by atoms with Crippen molar-refractivity contribution < 1.29 is 22.9 Å². The zero-order chi connectivity index (χ0) is 21.9. The van der Waals surface area contributed by atoms with Crippen molar-refractivity contribution in [2.75, 3.05) is 11.3 Å². The summed E-state index contributed by atoms with van der Waals surface area (Å²) in [6, 6.07) is 13.8. The maximum atomic E-state index is 12.9. The zero-order valence-electron chi connectivity index (χ0n) is 16.1. The zero-order valence-corrected chi connectivity index (χ0v) is 17.7. The molecule has 0 radical (unpaired) electrons. The third kappa shape index (κ3) is 4.34. The van der Waals surface area contributed by atoms with Crippen molar-refractivity contribution in [3.63, 3.8) is 0 Å². The number of thiophene rings is 1. The molecular formula is C20H18N2O6S2. The molecule has 0 amide bonds. The number of benzene rings is 2. The highest BCUT2D eigenvalue weighted by molar-refractivity contribution is 7.93. The first-order valence-corrected chi connectivity index (χ1v) is 11.2. The van der Waals surface area contributed by atoms with Crippen LogP contribution < -0.4 is 4.72 Å². The van der Waals surface area contributed by atoms with E-state index in [0.29, 0.717) is 5.56 Å². The maximum absolute atomic E-state index is 12.9. The molecular weight excluding hydrogens is 428 g/mol. The fraction of sp³-hybridized carbons (Fsp3) is 0.150. The number of aryl methyl sites for hydroxylation is 1. The van der Waals surface area contributed by atoms with Crippen LogP contribution in [0.25, 0.3) is 11.1 Å². The highest BCUT2D eigenvalue weighted by atomic mass is 32.2. The van der Waals surface area contributed by atoms with Crippen molar-refractivity contribution in [1.29, 1.82) is 0 Å². The molecule has 0 saturated heterocycles. The van der Waals surface area contributed by atoms with E-state index >= 15 is 0 Å². The Hall–Kier alpha value is -3.24. The minimum absolute atomic E-state index is 0.0938. The number of non-ortho nitro benzene ring substituents is 1. The summed E-state index contributed by atoms with van der Waals surface area (Å²) in [6.07, 6.45) is 0. The smallest absolute Gasteiger partial charge is 0.341 e. The largest absolute Gasteiger partial charge is 0.462 e. The molecule has 0 bridgehead atoms. The van der Waals surface area contributed by atoms with E-state index in [1.54, 1.807) is 13.8 Å². The van der Waals surface area contributed by atoms with Gasteiger partial charge in [-0.15, -0.1) is 11.3 Å². The molecule has 0 atom stereocenters. The van der Waals surface area contributed by atoms with Crippen molar-refractivity contribution in [3.05, 3.63) is 75.2 Å². The van der Waals surface area contributed by atoms with Crippen molar-refractivity contribution in [2.45, 2.75) is 18.7 Å². The second-order valence-corrected chi connectivity index (χ2v) is 9.09. The number of anilines is 1. The van der Waals surface area contributed by atoms with E-state index in [1.807, 2.05) is 30.3 Å². The van der Waals surface area contributed by atoms with Crippen molar-refractivity contribution in [3.8, 4) is 11.1 Å². The number of nitro benzene ring substituents is 1. The number of nitrogens with one attached hydrogen (secondary N) is 1. The second kappa shape index (κ2) is 8.64. The van der Waals surface area contributed by atoms with Crippen molar-refractivity contribution >= 4 is 38.0 Å². The predicted octanol–water partition coefficient (Wildman–Crippen LogP) is 4.61. The molecule has 1 aromatic heterocycles. The van der Waals surface area contributed by atoms with Crippen molar-refractivity contribution in [1.82, 2.24) is 0 Å². The Kier molecular flexibility index (Phi) is 6.18. The van der Waals surface area contributed by atoms with Gasteiger partial charge < -0.3 is 4.74 Å². The lowest BCUT2D eigenvalue weighted by Crippen LogP contribution is -2.15. The molecule has 0 unspecified atom stereocenters. The highest BCUT2D eigenvalue weighted by Gasteiger charge is 2.28. The summed E-state index contributed by atoms with van der Waals surface area (Å²) >= 11 is 1.10. The van der Waals surface area contributed by atoms with Gasteiger partial charge in [0.1, 0.15) is 10.6 Å². The molecule has 1 heterocycles. The Morgan fingerprint density at radius 1 is 1.17 bits per heavy atom. The minimum atomic E-state index is -4.18. The summed E-state index contributed by atoms with van der Waals surface area (Å²) in [5, 5.41) is 11.1. The number of rotatable bonds is 7. The summed E-state index contributed by atoms with van der Waals surface area (Å²) in [7, 11) is -4.18. The molecule has 0 aliphatic rings. The SMILES string of the molecule is CCOC(=O)c1c(NS(=O)(=O)c2cccc([N+](=O)[O-])c2)sc(C)c1-c1ccccc1. The Labute approximate surface area is 177 Å². The van der Waals surface area contributed by atoms with E-state index in [-0.39, 0.29) is 27.8 Å². The van der Waals surface area contributed by atoms with Crippen LogP contribution in [-0.4, -0.2) is 25.9 Å². The lowest BCUT2D eigenvalue weighted by atomic mass is 10.0. The van der Waals surface area contributed by atoms with Gasteiger partial charge in [-0.05, 0) is 25.5 Å². The number of sulfonamides is 1. The number of carbonyl (C=O) groups excluding carboxylic acids is 1. The average Bonchev–Trinajstić information content (AvgIpc) is 3.04. The standard InChI is InChI=1S/C20H18N2O6S2/c1-3-28-20(23)18-17(14-8-5-4-6-9-14)13(2)29-19(18)21-30(26,27)16-11-7-10-15(12-16)22(24)25/h4-12,21H,3H2,1-2H3. The molecule has 0 fully saturated rings. The van der Waals surface area contributed by atoms with Gasteiger partial charge in [-0.2, -0.15) is 0 Å². The predicted molar refractivity (Wildman–Crippen MR) is 114 cm³/mol. The normalized spacial score (nSPS) is 11.1. The monoisotopic (exact) mass is 446 g/mol. The molecule has 0 aliphatic carbocycles. The van der Waals surface area contributed by atoms with Gasteiger partial charge in [-0.25, -0.2) is 13.2 Å². The number of carbonyl (C=O) groups is 1. The average molecular weight is 447 g/mol. The summed E-state index contributed by atoms with van der Waals surface area (Å²) in [4.78, 5) is 23.5. The molecule has 0 saturated carbocycles. The van der Waals surface area contributed by atoms with Gasteiger partial charge in [0.25, 0.3) is 15.7 Å². The van der Waals surface area contributed by atoms with Crippen LogP contribution in [-0.2, 0) is 14.8 Å². The topological polar surface area (TPSA) is 116 Å². The first kappa shape index (κ1) is 21.5. The lowest BCUT2D eigenvalue weighted by Gasteiger charge is -2.10. The van der Waals surface area contributed by atoms with Crippen LogP contribution in [0, 0.1) is 17.0 Å². The van der Waals surface area contributed by atoms with Crippen LogP contribution in [0.1, 0.15) is 22.2 Å². The fourth-order valence-electron chi connectivity index (χ4n) is 2.91. The van der Waals surface area contributed by atoms with E-state index in [2.05, 4.69) is 4.72 Å². The number of hydrogen-bond donors (Lipinski definition) is 1. The molecule has 30 heavy (non-hydrogen) atoms. The summed E-state index contributed by atoms with van der Waals surface area (Å²) < 4.78 is 33.3. The van der Waals surface area contributed by atoms with Gasteiger partial charge in [-0.1, -0.05) is 36.4 Å². The Morgan fingerprint density at radius 2 is 1.87 bits per heavy atom. The van der Waals surface area contributed by atoms with Gasteiger partial charge in [0.2, 0.25) is 0 Å². The fourth-order valence-corrected chi connectivity index (χ4v) is 5.32. The summed E-state index contributed by atoms with van der Waals surface area (Å²) in [5.41, 5.74) is 1.08. The number of esters is 1. The van der Waals surface area contributed by atoms with Crippen LogP contribution in [0.4, 0.5) is 10.7 Å². The molecule has 0 spiro atoms. The molecule has 2 aromatic carbocycles. The molecule has 10 heteroatoms. The van der Waals surface area contributed by atoms with Gasteiger partial charge in [0.05, 0.1) is 16.4 Å². The molecule has 156 valence electrons. The van der Waals surface area contributed by atoms with E-state index in [4.69, 9.17) is 4.74 Å². The third-order valence-electron chi connectivity index (χ3n) is 4.19. The van der Waals surface area contributed by atoms with Gasteiger partial charge >= 0.3 is 5.97 Å². The van der Waals surface area contributed by atoms with E-state index < -0.39 is 20.9 Å². The number of ether oxygens (including phenoxy) is 1. The van der Waals surface area contributed by atoms with Crippen LogP contribution in [0.5, 0.6) is 0 Å². The Morgan fingerprint density at radius 3 is 2.50 bits per heavy atom. The van der Waals surface area contributed by atoms with E-state index in [0.717, 1.165) is 27.8 Å². The third-order valence-corrected chi connectivity index (χ3v) is 6.69. The highest BCUT2D eigenvalue weighted by Crippen LogP contribution is 2.41. The van der Waals surface area contributed by atoms with Crippen LogP contribution in [0.15, 0.2) is 59.5 Å². The minimum Gasteiger partial charge on any atom is -0.462 e. The van der Waals surface area contributed by atoms with E-state index in [1.165, 1.54) is 18.2 Å². The molecule has 8 nitrogen and oxygen atoms in total. The number of nitro groups is 1. The summed E-state index contributed by atoms with van der Waals surface area (Å²) in [6.45, 7) is 3.56. The lowest BCUT2D eigenvalue weighted by molar-refractivity contribution is -0.385. The molecule has 1 N–H and O–H groups in total. The molecule has 3 rings (SSSR count). The van der Waals surface area contributed by atoms with Gasteiger partial charge in [0.15, 0.2) is 0 Å². The van der Waals surface area contributed by atoms with Crippen LogP contribution in [0.2, 0.25) is 0 Å². The summed E-state index contributed by atoms with van der Waals surface area (Å²) in [5.74, 6) is -0.655. The van der Waals surface area contributed by atoms with E-state index in [9.17, 15) is 23.3 Å². The van der Waals surface area contributed by atoms with Crippen molar-refractivity contribution in [2.24, 2.45) is 0 Å². The molecule has 0 aliphatic heterocycles. The number of hydrogen-bond acceptors (Lipinski definition) is 7. The maximum Gasteiger partial charge on any atom is 0.341 e.